The average molecular weight is 242 g/mol. The largest absolute Gasteiger partial charge is 0.345 e. The Bertz CT molecular complexity index is 582. The zero-order valence-corrected chi connectivity index (χ0v) is 10.1. The molecule has 0 radical (unpaired) electrons. The summed E-state index contributed by atoms with van der Waals surface area (Å²) in [6, 6.07) is 12.1. The van der Waals surface area contributed by atoms with Gasteiger partial charge in [-0.05, 0) is 12.1 Å². The lowest BCUT2D eigenvalue weighted by Crippen LogP contribution is -2.97. The molecule has 1 aromatic carbocycles. The number of nitrogens with zero attached hydrogens (tertiary/aromatic N) is 1. The predicted octanol–water partition coefficient (Wildman–Crippen LogP) is -0.161. The molecule has 2 heterocycles. The standard InChI is InChI=1S/C14H15N3O/c18-14-13(15-7-8-16-14)9-11-6-5-10-3-1-2-4-12(10)17-11/h1-6,13,15H,7-9H2,(H,16,18)/p+1/t13-/m0/s1. The number of piperazine rings is 1. The fourth-order valence-corrected chi connectivity index (χ4v) is 2.34. The van der Waals surface area contributed by atoms with Crippen molar-refractivity contribution >= 4 is 16.8 Å². The minimum atomic E-state index is -0.0348. The first-order chi connectivity index (χ1) is 8.83. The van der Waals surface area contributed by atoms with E-state index in [1.54, 1.807) is 0 Å². The Kier molecular flexibility index (Phi) is 2.94. The molecule has 92 valence electrons. The summed E-state index contributed by atoms with van der Waals surface area (Å²) in [7, 11) is 0. The van der Waals surface area contributed by atoms with Gasteiger partial charge >= 0.3 is 0 Å². The van der Waals surface area contributed by atoms with Gasteiger partial charge in [0.05, 0.1) is 25.0 Å². The van der Waals surface area contributed by atoms with Crippen molar-refractivity contribution in [2.45, 2.75) is 12.5 Å². The first-order valence-corrected chi connectivity index (χ1v) is 6.28. The van der Waals surface area contributed by atoms with Gasteiger partial charge in [0, 0.05) is 11.1 Å². The van der Waals surface area contributed by atoms with Gasteiger partial charge < -0.3 is 10.6 Å². The van der Waals surface area contributed by atoms with Crippen LogP contribution in [0, 0.1) is 0 Å². The quantitative estimate of drug-likeness (QED) is 0.769. The molecule has 1 fully saturated rings. The molecule has 0 bridgehead atoms. The SMILES string of the molecule is O=C1NCC[NH2+][C@H]1Cc1ccc2ccccc2n1. The third-order valence-electron chi connectivity index (χ3n) is 3.32. The highest BCUT2D eigenvalue weighted by Crippen LogP contribution is 2.12. The van der Waals surface area contributed by atoms with E-state index in [-0.39, 0.29) is 11.9 Å². The van der Waals surface area contributed by atoms with Crippen molar-refractivity contribution in [1.82, 2.24) is 10.3 Å². The van der Waals surface area contributed by atoms with E-state index in [1.807, 2.05) is 30.3 Å². The van der Waals surface area contributed by atoms with Crippen LogP contribution in [0.5, 0.6) is 0 Å². The van der Waals surface area contributed by atoms with Crippen LogP contribution in [-0.2, 0) is 11.2 Å². The molecule has 1 aliphatic rings. The van der Waals surface area contributed by atoms with Crippen LogP contribution < -0.4 is 10.6 Å². The Morgan fingerprint density at radius 1 is 1.28 bits per heavy atom. The minimum absolute atomic E-state index is 0.0348. The maximum atomic E-state index is 11.7. The fourth-order valence-electron chi connectivity index (χ4n) is 2.34. The zero-order chi connectivity index (χ0) is 12.4. The van der Waals surface area contributed by atoms with Gasteiger partial charge in [-0.15, -0.1) is 0 Å². The minimum Gasteiger partial charge on any atom is -0.345 e. The summed E-state index contributed by atoms with van der Waals surface area (Å²) in [5.41, 5.74) is 1.97. The summed E-state index contributed by atoms with van der Waals surface area (Å²) in [6.45, 7) is 1.71. The maximum Gasteiger partial charge on any atom is 0.278 e. The second kappa shape index (κ2) is 4.74. The monoisotopic (exact) mass is 242 g/mol. The molecule has 0 aliphatic carbocycles. The number of nitrogens with one attached hydrogen (secondary N) is 1. The first kappa shape index (κ1) is 11.2. The molecule has 3 rings (SSSR count). The van der Waals surface area contributed by atoms with E-state index < -0.39 is 0 Å². The number of hydrogen-bond donors (Lipinski definition) is 2. The van der Waals surface area contributed by atoms with E-state index in [2.05, 4.69) is 21.7 Å². The molecule has 1 atom stereocenters. The summed E-state index contributed by atoms with van der Waals surface area (Å²) < 4.78 is 0. The molecule has 0 unspecified atom stereocenters. The lowest BCUT2D eigenvalue weighted by atomic mass is 10.1. The van der Waals surface area contributed by atoms with E-state index in [9.17, 15) is 4.79 Å². The summed E-state index contributed by atoms with van der Waals surface area (Å²) in [5.74, 6) is 0.121. The Balaban J connectivity index is 1.83. The molecule has 0 saturated carbocycles. The van der Waals surface area contributed by atoms with Crippen LogP contribution in [-0.4, -0.2) is 30.0 Å². The number of hydrogen-bond acceptors (Lipinski definition) is 2. The molecule has 18 heavy (non-hydrogen) atoms. The number of fused-ring (bicyclic) bond motifs is 1. The normalized spacial score (nSPS) is 19.8. The van der Waals surface area contributed by atoms with Gasteiger partial charge in [-0.1, -0.05) is 24.3 Å². The molecule has 4 nitrogen and oxygen atoms in total. The lowest BCUT2D eigenvalue weighted by molar-refractivity contribution is -0.679. The van der Waals surface area contributed by atoms with Crippen molar-refractivity contribution in [3.05, 3.63) is 42.1 Å². The van der Waals surface area contributed by atoms with Gasteiger partial charge in [-0.3, -0.25) is 9.78 Å². The molecule has 3 N–H and O–H groups in total. The van der Waals surface area contributed by atoms with Crippen LogP contribution in [0.25, 0.3) is 10.9 Å². The highest BCUT2D eigenvalue weighted by molar-refractivity contribution is 5.81. The Labute approximate surface area is 105 Å². The molecular formula is C14H16N3O+. The van der Waals surface area contributed by atoms with Crippen molar-refractivity contribution < 1.29 is 10.1 Å². The van der Waals surface area contributed by atoms with E-state index >= 15 is 0 Å². The number of pyridine rings is 1. The van der Waals surface area contributed by atoms with Crippen molar-refractivity contribution in [3.8, 4) is 0 Å². The molecule has 1 aliphatic heterocycles. The smallest absolute Gasteiger partial charge is 0.278 e. The van der Waals surface area contributed by atoms with Crippen molar-refractivity contribution in [3.63, 3.8) is 0 Å². The molecular weight excluding hydrogens is 226 g/mol. The van der Waals surface area contributed by atoms with Crippen molar-refractivity contribution in [2.75, 3.05) is 13.1 Å². The van der Waals surface area contributed by atoms with Gasteiger partial charge in [0.1, 0.15) is 0 Å². The maximum absolute atomic E-state index is 11.7. The van der Waals surface area contributed by atoms with Gasteiger partial charge in [0.2, 0.25) is 0 Å². The van der Waals surface area contributed by atoms with Crippen LogP contribution in [0.2, 0.25) is 0 Å². The first-order valence-electron chi connectivity index (χ1n) is 6.28. The molecule has 0 spiro atoms. The molecule has 1 amide bonds. The third-order valence-corrected chi connectivity index (χ3v) is 3.32. The van der Waals surface area contributed by atoms with Gasteiger partial charge in [-0.25, -0.2) is 0 Å². The number of carbonyl (C=O) groups excluding carboxylic acids is 1. The van der Waals surface area contributed by atoms with E-state index in [4.69, 9.17) is 0 Å². The van der Waals surface area contributed by atoms with Crippen LogP contribution in [0.3, 0.4) is 0 Å². The topological polar surface area (TPSA) is 58.6 Å². The van der Waals surface area contributed by atoms with Crippen LogP contribution in [0.1, 0.15) is 5.69 Å². The number of amides is 1. The lowest BCUT2D eigenvalue weighted by Gasteiger charge is -2.19. The fraction of sp³-hybridized carbons (Fsp3) is 0.286. The number of rotatable bonds is 2. The Morgan fingerprint density at radius 3 is 3.06 bits per heavy atom. The van der Waals surface area contributed by atoms with Gasteiger partial charge in [0.15, 0.2) is 6.04 Å². The number of para-hydroxylation sites is 1. The second-order valence-electron chi connectivity index (χ2n) is 4.62. The van der Waals surface area contributed by atoms with Crippen LogP contribution >= 0.6 is 0 Å². The summed E-state index contributed by atoms with van der Waals surface area (Å²) >= 11 is 0. The highest BCUT2D eigenvalue weighted by atomic mass is 16.2. The van der Waals surface area contributed by atoms with Gasteiger partial charge in [-0.2, -0.15) is 0 Å². The van der Waals surface area contributed by atoms with Crippen LogP contribution in [0.15, 0.2) is 36.4 Å². The van der Waals surface area contributed by atoms with E-state index in [0.29, 0.717) is 6.42 Å². The zero-order valence-electron chi connectivity index (χ0n) is 10.1. The second-order valence-corrected chi connectivity index (χ2v) is 4.62. The molecule has 4 heteroatoms. The predicted molar refractivity (Wildman–Crippen MR) is 69.0 cm³/mol. The Morgan fingerprint density at radius 2 is 2.17 bits per heavy atom. The van der Waals surface area contributed by atoms with E-state index in [0.717, 1.165) is 29.7 Å². The van der Waals surface area contributed by atoms with Crippen molar-refractivity contribution in [2.24, 2.45) is 0 Å². The summed E-state index contributed by atoms with van der Waals surface area (Å²) in [5, 5.41) is 6.12. The average Bonchev–Trinajstić information content (AvgIpc) is 2.41. The number of carbonyl (C=O) groups is 1. The summed E-state index contributed by atoms with van der Waals surface area (Å²) in [6.07, 6.45) is 0.691. The number of nitrogens with two attached hydrogens (primary N) is 1. The number of aromatic nitrogens is 1. The molecule has 1 saturated heterocycles. The van der Waals surface area contributed by atoms with E-state index in [1.165, 1.54) is 0 Å². The summed E-state index contributed by atoms with van der Waals surface area (Å²) in [4.78, 5) is 16.3. The number of benzene rings is 1. The Hall–Kier alpha value is -1.94. The highest BCUT2D eigenvalue weighted by Gasteiger charge is 2.25. The molecule has 2 aromatic rings. The van der Waals surface area contributed by atoms with Gasteiger partial charge in [0.25, 0.3) is 5.91 Å². The molecule has 1 aromatic heterocycles. The van der Waals surface area contributed by atoms with Crippen LogP contribution in [0.4, 0.5) is 0 Å². The van der Waals surface area contributed by atoms with Crippen molar-refractivity contribution in [1.29, 1.82) is 0 Å². The number of quaternary nitrogens is 1. The third kappa shape index (κ3) is 2.19.